The molecule has 102 valence electrons. The molecule has 1 nitrogen and oxygen atoms in total. The van der Waals surface area contributed by atoms with Gasteiger partial charge in [0.05, 0.1) is 0 Å². The van der Waals surface area contributed by atoms with Gasteiger partial charge in [-0.1, -0.05) is 39.3 Å². The smallest absolute Gasteiger partial charge is 0.0410 e. The summed E-state index contributed by atoms with van der Waals surface area (Å²) in [6.07, 6.45) is 1.16. The number of hydrogen-bond donors (Lipinski definition) is 1. The van der Waals surface area contributed by atoms with Gasteiger partial charge < -0.3 is 5.32 Å². The van der Waals surface area contributed by atoms with Crippen LogP contribution in [0.2, 0.25) is 5.02 Å². The minimum absolute atomic E-state index is 0.621. The SMILES string of the molecule is CCCNCc1cc(Cl)ccc1SC(C)C(C)C. The van der Waals surface area contributed by atoms with E-state index in [1.165, 1.54) is 10.5 Å². The lowest BCUT2D eigenvalue weighted by molar-refractivity contribution is 0.640. The Balaban J connectivity index is 2.75. The molecule has 1 atom stereocenters. The number of rotatable bonds is 7. The van der Waals surface area contributed by atoms with Gasteiger partial charge in [-0.15, -0.1) is 11.8 Å². The van der Waals surface area contributed by atoms with Crippen molar-refractivity contribution in [1.82, 2.24) is 5.32 Å². The van der Waals surface area contributed by atoms with Gasteiger partial charge >= 0.3 is 0 Å². The molecule has 0 aliphatic carbocycles. The maximum Gasteiger partial charge on any atom is 0.0410 e. The lowest BCUT2D eigenvalue weighted by atomic mass is 10.2. The molecule has 1 N–H and O–H groups in total. The summed E-state index contributed by atoms with van der Waals surface area (Å²) in [7, 11) is 0. The second kappa shape index (κ2) is 8.08. The summed E-state index contributed by atoms with van der Waals surface area (Å²) in [6.45, 7) is 11.0. The third-order valence-corrected chi connectivity index (χ3v) is 4.82. The highest BCUT2D eigenvalue weighted by Gasteiger charge is 2.12. The van der Waals surface area contributed by atoms with Gasteiger partial charge in [0.2, 0.25) is 0 Å². The molecule has 0 saturated heterocycles. The third kappa shape index (κ3) is 5.21. The number of hydrogen-bond acceptors (Lipinski definition) is 2. The number of halogens is 1. The quantitative estimate of drug-likeness (QED) is 0.560. The van der Waals surface area contributed by atoms with E-state index >= 15 is 0 Å². The van der Waals surface area contributed by atoms with Gasteiger partial charge in [0.25, 0.3) is 0 Å². The van der Waals surface area contributed by atoms with Crippen molar-refractivity contribution in [2.24, 2.45) is 5.92 Å². The van der Waals surface area contributed by atoms with Gasteiger partial charge in [-0.05, 0) is 42.6 Å². The molecule has 0 amide bonds. The molecule has 1 aromatic carbocycles. The van der Waals surface area contributed by atoms with Gasteiger partial charge in [-0.25, -0.2) is 0 Å². The van der Waals surface area contributed by atoms with Crippen LogP contribution in [0.25, 0.3) is 0 Å². The molecule has 0 saturated carbocycles. The molecule has 0 bridgehead atoms. The largest absolute Gasteiger partial charge is 0.313 e. The van der Waals surface area contributed by atoms with Crippen LogP contribution in [0.3, 0.4) is 0 Å². The summed E-state index contributed by atoms with van der Waals surface area (Å²) in [5.74, 6) is 0.683. The fourth-order valence-corrected chi connectivity index (χ4v) is 2.83. The Bertz CT molecular complexity index is 366. The zero-order valence-electron chi connectivity index (χ0n) is 11.8. The Kier molecular flexibility index (Phi) is 7.13. The molecule has 1 rings (SSSR count). The summed E-state index contributed by atoms with van der Waals surface area (Å²) in [4.78, 5) is 1.35. The molecule has 1 aromatic rings. The van der Waals surface area contributed by atoms with Crippen LogP contribution in [0.5, 0.6) is 0 Å². The molecule has 0 fully saturated rings. The Labute approximate surface area is 121 Å². The van der Waals surface area contributed by atoms with Crippen LogP contribution in [-0.4, -0.2) is 11.8 Å². The van der Waals surface area contributed by atoms with E-state index in [1.54, 1.807) is 0 Å². The van der Waals surface area contributed by atoms with E-state index in [2.05, 4.69) is 45.1 Å². The molecule has 1 unspecified atom stereocenters. The third-order valence-electron chi connectivity index (χ3n) is 3.02. The van der Waals surface area contributed by atoms with E-state index in [0.717, 1.165) is 24.5 Å². The average molecular weight is 286 g/mol. The normalized spacial score (nSPS) is 13.0. The van der Waals surface area contributed by atoms with Crippen molar-refractivity contribution in [2.45, 2.75) is 50.8 Å². The molecule has 3 heteroatoms. The molecule has 18 heavy (non-hydrogen) atoms. The Morgan fingerprint density at radius 1 is 1.28 bits per heavy atom. The summed E-state index contributed by atoms with van der Waals surface area (Å²) in [5.41, 5.74) is 1.31. The van der Waals surface area contributed by atoms with E-state index in [1.807, 2.05) is 17.8 Å². The Hall–Kier alpha value is -0.180. The van der Waals surface area contributed by atoms with Crippen molar-refractivity contribution >= 4 is 23.4 Å². The van der Waals surface area contributed by atoms with Crippen molar-refractivity contribution in [3.63, 3.8) is 0 Å². The molecular weight excluding hydrogens is 262 g/mol. The first kappa shape index (κ1) is 15.9. The highest BCUT2D eigenvalue weighted by molar-refractivity contribution is 8.00. The van der Waals surface area contributed by atoms with Crippen LogP contribution in [0, 0.1) is 5.92 Å². The second-order valence-corrected chi connectivity index (χ2v) is 6.85. The van der Waals surface area contributed by atoms with Gasteiger partial charge in [-0.3, -0.25) is 0 Å². The second-order valence-electron chi connectivity index (χ2n) is 5.00. The first-order valence-corrected chi connectivity index (χ1v) is 7.96. The molecule has 0 radical (unpaired) electrons. The molecule has 0 aromatic heterocycles. The van der Waals surface area contributed by atoms with Crippen molar-refractivity contribution in [1.29, 1.82) is 0 Å². The van der Waals surface area contributed by atoms with Crippen molar-refractivity contribution in [3.8, 4) is 0 Å². The Morgan fingerprint density at radius 3 is 2.61 bits per heavy atom. The molecule has 0 heterocycles. The van der Waals surface area contributed by atoms with E-state index in [4.69, 9.17) is 11.6 Å². The fourth-order valence-electron chi connectivity index (χ4n) is 1.54. The van der Waals surface area contributed by atoms with Crippen LogP contribution < -0.4 is 5.32 Å². The average Bonchev–Trinajstić information content (AvgIpc) is 2.32. The van der Waals surface area contributed by atoms with Crippen LogP contribution in [-0.2, 0) is 6.54 Å². The summed E-state index contributed by atoms with van der Waals surface area (Å²) in [5, 5.41) is 4.89. The van der Waals surface area contributed by atoms with Crippen molar-refractivity contribution in [3.05, 3.63) is 28.8 Å². The highest BCUT2D eigenvalue weighted by Crippen LogP contribution is 2.32. The van der Waals surface area contributed by atoms with Crippen LogP contribution in [0.4, 0.5) is 0 Å². The highest BCUT2D eigenvalue weighted by atomic mass is 35.5. The predicted octanol–water partition coefficient (Wildman–Crippen LogP) is 4.98. The van der Waals surface area contributed by atoms with E-state index in [9.17, 15) is 0 Å². The molecule has 0 aliphatic rings. The van der Waals surface area contributed by atoms with Gasteiger partial charge in [0.1, 0.15) is 0 Å². The van der Waals surface area contributed by atoms with Crippen molar-refractivity contribution < 1.29 is 0 Å². The number of nitrogens with one attached hydrogen (secondary N) is 1. The summed E-state index contributed by atoms with van der Waals surface area (Å²) >= 11 is 8.04. The van der Waals surface area contributed by atoms with E-state index in [-0.39, 0.29) is 0 Å². The number of benzene rings is 1. The minimum atomic E-state index is 0.621. The van der Waals surface area contributed by atoms with Gasteiger partial charge in [0.15, 0.2) is 0 Å². The van der Waals surface area contributed by atoms with Crippen LogP contribution in [0.15, 0.2) is 23.1 Å². The predicted molar refractivity (Wildman–Crippen MR) is 83.6 cm³/mol. The number of thioether (sulfide) groups is 1. The van der Waals surface area contributed by atoms with Gasteiger partial charge in [-0.2, -0.15) is 0 Å². The lowest BCUT2D eigenvalue weighted by Crippen LogP contribution is -2.15. The molecular formula is C15H24ClNS. The maximum absolute atomic E-state index is 6.09. The summed E-state index contributed by atoms with van der Waals surface area (Å²) < 4.78 is 0. The van der Waals surface area contributed by atoms with Crippen LogP contribution in [0.1, 0.15) is 39.7 Å². The van der Waals surface area contributed by atoms with Crippen molar-refractivity contribution in [2.75, 3.05) is 6.54 Å². The fraction of sp³-hybridized carbons (Fsp3) is 0.600. The van der Waals surface area contributed by atoms with Gasteiger partial charge in [0, 0.05) is 21.7 Å². The van der Waals surface area contributed by atoms with E-state index < -0.39 is 0 Å². The minimum Gasteiger partial charge on any atom is -0.313 e. The zero-order chi connectivity index (χ0) is 13.5. The summed E-state index contributed by atoms with van der Waals surface area (Å²) in [6, 6.07) is 6.22. The lowest BCUT2D eigenvalue weighted by Gasteiger charge is -2.18. The Morgan fingerprint density at radius 2 is 2.00 bits per heavy atom. The monoisotopic (exact) mass is 285 g/mol. The first-order valence-electron chi connectivity index (χ1n) is 6.70. The van der Waals surface area contributed by atoms with E-state index in [0.29, 0.717) is 11.2 Å². The van der Waals surface area contributed by atoms with Crippen LogP contribution >= 0.6 is 23.4 Å². The molecule has 0 aliphatic heterocycles. The molecule has 0 spiro atoms. The first-order chi connectivity index (χ1) is 8.54. The standard InChI is InChI=1S/C15H24ClNS/c1-5-8-17-10-13-9-14(16)6-7-15(13)18-12(4)11(2)3/h6-7,9,11-12,17H,5,8,10H2,1-4H3. The maximum atomic E-state index is 6.09. The zero-order valence-corrected chi connectivity index (χ0v) is 13.4. The topological polar surface area (TPSA) is 12.0 Å².